The number of carbonyl (C=O) groups is 1. The first-order valence-corrected chi connectivity index (χ1v) is 4.53. The van der Waals surface area contributed by atoms with Crippen LogP contribution in [0.4, 0.5) is 0 Å². The number of halogens is 1. The molecule has 2 rings (SSSR count). The summed E-state index contributed by atoms with van der Waals surface area (Å²) in [4.78, 5) is 11.3. The Morgan fingerprint density at radius 1 is 1.42 bits per heavy atom. The van der Waals surface area contributed by atoms with E-state index >= 15 is 0 Å². The molecule has 2 nitrogen and oxygen atoms in total. The van der Waals surface area contributed by atoms with Crippen molar-refractivity contribution < 1.29 is 9.53 Å². The second-order valence-electron chi connectivity index (χ2n) is 2.66. The van der Waals surface area contributed by atoms with Crippen LogP contribution in [-0.2, 0) is 11.2 Å². The van der Waals surface area contributed by atoms with Crippen LogP contribution in [-0.4, -0.2) is 12.6 Å². The van der Waals surface area contributed by atoms with Gasteiger partial charge in [0.2, 0.25) is 0 Å². The number of ether oxygens (including phenoxy) is 1. The highest BCUT2D eigenvalue weighted by Gasteiger charge is 2.20. The molecule has 1 heterocycles. The summed E-state index contributed by atoms with van der Waals surface area (Å²) in [5.41, 5.74) is 1.75. The molecule has 1 aliphatic heterocycles. The third-order valence-corrected chi connectivity index (χ3v) is 2.57. The fraction of sp³-hybridized carbons (Fsp3) is 0.222. The molecule has 0 aliphatic carbocycles. The molecule has 0 aromatic heterocycles. The van der Waals surface area contributed by atoms with E-state index in [1.807, 2.05) is 18.2 Å². The largest absolute Gasteiger partial charge is 0.462 e. The topological polar surface area (TPSA) is 26.3 Å². The van der Waals surface area contributed by atoms with Gasteiger partial charge in [-0.2, -0.15) is 0 Å². The molecule has 0 saturated carbocycles. The van der Waals surface area contributed by atoms with Gasteiger partial charge in [-0.25, -0.2) is 4.79 Å². The minimum Gasteiger partial charge on any atom is -0.462 e. The summed E-state index contributed by atoms with van der Waals surface area (Å²) in [5.74, 6) is -0.219. The number of fused-ring (bicyclic) bond motifs is 1. The van der Waals surface area contributed by atoms with E-state index in [0.717, 1.165) is 16.5 Å². The number of cyclic esters (lactones) is 1. The Balaban J connectivity index is 2.60. The van der Waals surface area contributed by atoms with E-state index in [2.05, 4.69) is 15.9 Å². The van der Waals surface area contributed by atoms with Gasteiger partial charge in [-0.3, -0.25) is 0 Å². The van der Waals surface area contributed by atoms with Crippen molar-refractivity contribution in [3.8, 4) is 0 Å². The molecule has 0 bridgehead atoms. The van der Waals surface area contributed by atoms with Gasteiger partial charge in [-0.15, -0.1) is 0 Å². The maximum Gasteiger partial charge on any atom is 0.339 e. The summed E-state index contributed by atoms with van der Waals surface area (Å²) >= 11 is 3.32. The van der Waals surface area contributed by atoms with Crippen molar-refractivity contribution in [1.82, 2.24) is 0 Å². The van der Waals surface area contributed by atoms with Crippen LogP contribution < -0.4 is 0 Å². The molecular formula is C9H7BrO2. The Bertz CT molecular complexity index is 333. The zero-order chi connectivity index (χ0) is 8.55. The van der Waals surface area contributed by atoms with Crippen LogP contribution in [0.1, 0.15) is 15.9 Å². The summed E-state index contributed by atoms with van der Waals surface area (Å²) in [6, 6.07) is 5.74. The molecule has 12 heavy (non-hydrogen) atoms. The van der Waals surface area contributed by atoms with Crippen molar-refractivity contribution >= 4 is 21.9 Å². The lowest BCUT2D eigenvalue weighted by atomic mass is 10.0. The highest BCUT2D eigenvalue weighted by molar-refractivity contribution is 9.10. The van der Waals surface area contributed by atoms with Crippen LogP contribution in [0, 0.1) is 0 Å². The maximum atomic E-state index is 11.3. The van der Waals surface area contributed by atoms with Crippen molar-refractivity contribution in [2.75, 3.05) is 6.61 Å². The molecule has 1 aromatic rings. The monoisotopic (exact) mass is 226 g/mol. The SMILES string of the molecule is O=C1OCCc2cccc(Br)c21. The summed E-state index contributed by atoms with van der Waals surface area (Å²) in [6.45, 7) is 0.502. The van der Waals surface area contributed by atoms with E-state index < -0.39 is 0 Å². The third kappa shape index (κ3) is 1.14. The van der Waals surface area contributed by atoms with Crippen LogP contribution in [0.15, 0.2) is 22.7 Å². The lowest BCUT2D eigenvalue weighted by molar-refractivity contribution is 0.0479. The smallest absolute Gasteiger partial charge is 0.339 e. The average Bonchev–Trinajstić information content (AvgIpc) is 2.04. The maximum absolute atomic E-state index is 11.3. The van der Waals surface area contributed by atoms with Crippen molar-refractivity contribution in [2.45, 2.75) is 6.42 Å². The van der Waals surface area contributed by atoms with E-state index in [1.54, 1.807) is 0 Å². The summed E-state index contributed by atoms with van der Waals surface area (Å²) in [6.07, 6.45) is 0.820. The fourth-order valence-electron chi connectivity index (χ4n) is 1.33. The van der Waals surface area contributed by atoms with Crippen molar-refractivity contribution in [3.63, 3.8) is 0 Å². The Labute approximate surface area is 78.7 Å². The normalized spacial score (nSPS) is 15.2. The Morgan fingerprint density at radius 3 is 3.00 bits per heavy atom. The Hall–Kier alpha value is -0.830. The lowest BCUT2D eigenvalue weighted by Gasteiger charge is -2.16. The Kier molecular flexibility index (Phi) is 1.89. The van der Waals surface area contributed by atoms with Crippen molar-refractivity contribution in [2.24, 2.45) is 0 Å². The highest BCUT2D eigenvalue weighted by atomic mass is 79.9. The van der Waals surface area contributed by atoms with Gasteiger partial charge in [0.05, 0.1) is 12.2 Å². The third-order valence-electron chi connectivity index (χ3n) is 1.91. The molecule has 0 fully saturated rings. The van der Waals surface area contributed by atoms with Gasteiger partial charge in [0.1, 0.15) is 0 Å². The lowest BCUT2D eigenvalue weighted by Crippen LogP contribution is -2.17. The van der Waals surface area contributed by atoms with Gasteiger partial charge < -0.3 is 4.74 Å². The van der Waals surface area contributed by atoms with Gasteiger partial charge in [0, 0.05) is 10.9 Å². The summed E-state index contributed by atoms with van der Waals surface area (Å²) < 4.78 is 5.74. The summed E-state index contributed by atoms with van der Waals surface area (Å²) in [5, 5.41) is 0. The summed E-state index contributed by atoms with van der Waals surface area (Å²) in [7, 11) is 0. The predicted octanol–water partition coefficient (Wildman–Crippen LogP) is 2.16. The van der Waals surface area contributed by atoms with Gasteiger partial charge in [-0.1, -0.05) is 12.1 Å². The Morgan fingerprint density at radius 2 is 2.25 bits per heavy atom. The van der Waals surface area contributed by atoms with Gasteiger partial charge in [0.25, 0.3) is 0 Å². The minimum atomic E-state index is -0.219. The van der Waals surface area contributed by atoms with Crippen molar-refractivity contribution in [1.29, 1.82) is 0 Å². The first kappa shape index (κ1) is 7.80. The molecule has 1 aromatic carbocycles. The number of benzene rings is 1. The first-order chi connectivity index (χ1) is 5.79. The number of hydrogen-bond acceptors (Lipinski definition) is 2. The number of hydrogen-bond donors (Lipinski definition) is 0. The van der Waals surface area contributed by atoms with Crippen molar-refractivity contribution in [3.05, 3.63) is 33.8 Å². The van der Waals surface area contributed by atoms with E-state index in [0.29, 0.717) is 12.2 Å². The van der Waals surface area contributed by atoms with Crippen LogP contribution in [0.3, 0.4) is 0 Å². The molecule has 62 valence electrons. The molecule has 0 unspecified atom stereocenters. The standard InChI is InChI=1S/C9H7BrO2/c10-7-3-1-2-6-4-5-12-9(11)8(6)7/h1-3H,4-5H2. The van der Waals surface area contributed by atoms with E-state index in [9.17, 15) is 4.79 Å². The van der Waals surface area contributed by atoms with Gasteiger partial charge in [0.15, 0.2) is 0 Å². The molecule has 0 saturated heterocycles. The minimum absolute atomic E-state index is 0.219. The molecular weight excluding hydrogens is 220 g/mol. The second-order valence-corrected chi connectivity index (χ2v) is 3.51. The van der Waals surface area contributed by atoms with E-state index in [1.165, 1.54) is 0 Å². The van der Waals surface area contributed by atoms with E-state index in [4.69, 9.17) is 4.74 Å². The molecule has 0 spiro atoms. The van der Waals surface area contributed by atoms with Crippen LogP contribution in [0.2, 0.25) is 0 Å². The predicted molar refractivity (Wildman–Crippen MR) is 48.1 cm³/mol. The fourth-order valence-corrected chi connectivity index (χ4v) is 1.90. The van der Waals surface area contributed by atoms with Gasteiger partial charge in [-0.05, 0) is 27.6 Å². The number of carbonyl (C=O) groups excluding carboxylic acids is 1. The zero-order valence-electron chi connectivity index (χ0n) is 6.34. The number of rotatable bonds is 0. The molecule has 3 heteroatoms. The molecule has 0 atom stereocenters. The molecule has 1 aliphatic rings. The molecule has 0 N–H and O–H groups in total. The molecule has 0 radical (unpaired) electrons. The van der Waals surface area contributed by atoms with Gasteiger partial charge >= 0.3 is 5.97 Å². The van der Waals surface area contributed by atoms with E-state index in [-0.39, 0.29) is 5.97 Å². The quantitative estimate of drug-likeness (QED) is 0.635. The second kappa shape index (κ2) is 2.90. The van der Waals surface area contributed by atoms with Crippen LogP contribution >= 0.6 is 15.9 Å². The zero-order valence-corrected chi connectivity index (χ0v) is 7.93. The first-order valence-electron chi connectivity index (χ1n) is 3.73. The average molecular weight is 227 g/mol. The highest BCUT2D eigenvalue weighted by Crippen LogP contribution is 2.24. The number of esters is 1. The van der Waals surface area contributed by atoms with Crippen LogP contribution in [0.5, 0.6) is 0 Å². The van der Waals surface area contributed by atoms with Crippen LogP contribution in [0.25, 0.3) is 0 Å². The molecule has 0 amide bonds.